The average molecular weight is 414 g/mol. The van der Waals surface area contributed by atoms with Crippen LogP contribution in [0.2, 0.25) is 0 Å². The van der Waals surface area contributed by atoms with Gasteiger partial charge in [-0.3, -0.25) is 0 Å². The third-order valence-electron chi connectivity index (χ3n) is 4.24. The molecule has 4 rings (SSSR count). The molecule has 0 unspecified atom stereocenters. The Morgan fingerprint density at radius 3 is 2.36 bits per heavy atom. The van der Waals surface area contributed by atoms with Gasteiger partial charge >= 0.3 is 0 Å². The van der Waals surface area contributed by atoms with E-state index in [-0.39, 0.29) is 10.7 Å². The van der Waals surface area contributed by atoms with Gasteiger partial charge in [0.05, 0.1) is 10.3 Å². The Morgan fingerprint density at radius 2 is 1.71 bits per heavy atom. The van der Waals surface area contributed by atoms with E-state index in [1.807, 2.05) is 6.92 Å². The smallest absolute Gasteiger partial charge is 0.238 e. The fraction of sp³-hybridized carbons (Fsp3) is 0.0526. The van der Waals surface area contributed by atoms with Gasteiger partial charge in [-0.05, 0) is 48.9 Å². The molecule has 0 aliphatic carbocycles. The highest BCUT2D eigenvalue weighted by Crippen LogP contribution is 2.41. The molecule has 0 fully saturated rings. The van der Waals surface area contributed by atoms with Crippen molar-refractivity contribution in [3.05, 3.63) is 65.6 Å². The number of hydrogen-bond donors (Lipinski definition) is 2. The van der Waals surface area contributed by atoms with E-state index in [0.717, 1.165) is 26.2 Å². The molecule has 2 aromatic heterocycles. The first kappa shape index (κ1) is 18.5. The Balaban J connectivity index is 1.81. The average Bonchev–Trinajstić information content (AvgIpc) is 2.99. The molecule has 3 N–H and O–H groups in total. The number of aromatic nitrogens is 2. The molecule has 0 atom stereocenters. The Hall–Kier alpha value is -2.88. The highest BCUT2D eigenvalue weighted by Gasteiger charge is 2.17. The molecule has 2 heterocycles. The number of primary sulfonamides is 1. The zero-order valence-electron chi connectivity index (χ0n) is 14.7. The molecule has 0 bridgehead atoms. The number of rotatable bonds is 4. The molecule has 0 saturated carbocycles. The first-order valence-electron chi connectivity index (χ1n) is 8.23. The molecule has 4 aromatic rings. The van der Waals surface area contributed by atoms with Crippen molar-refractivity contribution in [2.24, 2.45) is 5.14 Å². The summed E-state index contributed by atoms with van der Waals surface area (Å²) in [6.45, 7) is 1.98. The lowest BCUT2D eigenvalue weighted by molar-refractivity contribution is 0.598. The zero-order chi connectivity index (χ0) is 19.9. The number of anilines is 2. The van der Waals surface area contributed by atoms with E-state index in [1.54, 1.807) is 24.3 Å². The van der Waals surface area contributed by atoms with Crippen molar-refractivity contribution in [2.45, 2.75) is 11.8 Å². The third-order valence-corrected chi connectivity index (χ3v) is 6.19. The predicted octanol–water partition coefficient (Wildman–Crippen LogP) is 4.20. The SMILES string of the molecule is Cc1sc2ncnc(Nc3ccc(S(N)(=O)=O)cc3)c2c1-c1ccc(F)cc1. The number of nitrogens with zero attached hydrogens (tertiary/aromatic N) is 2. The molecule has 28 heavy (non-hydrogen) atoms. The lowest BCUT2D eigenvalue weighted by Crippen LogP contribution is -2.11. The molecule has 0 amide bonds. The van der Waals surface area contributed by atoms with Crippen LogP contribution < -0.4 is 10.5 Å². The summed E-state index contributed by atoms with van der Waals surface area (Å²) in [4.78, 5) is 10.6. The molecule has 0 spiro atoms. The minimum absolute atomic E-state index is 0.0317. The topological polar surface area (TPSA) is 98.0 Å². The summed E-state index contributed by atoms with van der Waals surface area (Å²) in [5, 5.41) is 9.17. The van der Waals surface area contributed by atoms with Crippen LogP contribution in [0.15, 0.2) is 59.8 Å². The summed E-state index contributed by atoms with van der Waals surface area (Å²) in [6, 6.07) is 12.4. The minimum Gasteiger partial charge on any atom is -0.340 e. The second-order valence-corrected chi connectivity index (χ2v) is 8.90. The van der Waals surface area contributed by atoms with E-state index < -0.39 is 10.0 Å². The first-order valence-corrected chi connectivity index (χ1v) is 10.6. The van der Waals surface area contributed by atoms with E-state index in [1.165, 1.54) is 41.9 Å². The van der Waals surface area contributed by atoms with E-state index in [2.05, 4.69) is 15.3 Å². The van der Waals surface area contributed by atoms with Gasteiger partial charge in [-0.1, -0.05) is 12.1 Å². The molecule has 9 heteroatoms. The van der Waals surface area contributed by atoms with Crippen LogP contribution in [0.4, 0.5) is 15.9 Å². The Labute approximate surface area is 164 Å². The Bertz CT molecular complexity index is 1270. The van der Waals surface area contributed by atoms with Crippen molar-refractivity contribution in [1.29, 1.82) is 0 Å². The minimum atomic E-state index is -3.75. The molecule has 0 aliphatic heterocycles. The van der Waals surface area contributed by atoms with E-state index in [9.17, 15) is 12.8 Å². The van der Waals surface area contributed by atoms with Gasteiger partial charge in [0.2, 0.25) is 10.0 Å². The number of sulfonamides is 1. The number of halogens is 1. The Kier molecular flexibility index (Phi) is 4.58. The molecule has 0 saturated heterocycles. The van der Waals surface area contributed by atoms with Gasteiger partial charge in [-0.25, -0.2) is 27.9 Å². The van der Waals surface area contributed by atoms with Gasteiger partial charge < -0.3 is 5.32 Å². The molecule has 0 radical (unpaired) electrons. The van der Waals surface area contributed by atoms with Crippen LogP contribution in [-0.4, -0.2) is 18.4 Å². The monoisotopic (exact) mass is 414 g/mol. The van der Waals surface area contributed by atoms with E-state index in [0.29, 0.717) is 11.5 Å². The summed E-state index contributed by atoms with van der Waals surface area (Å²) in [5.74, 6) is 0.280. The van der Waals surface area contributed by atoms with Crippen LogP contribution >= 0.6 is 11.3 Å². The lowest BCUT2D eigenvalue weighted by atomic mass is 10.0. The number of fused-ring (bicyclic) bond motifs is 1. The number of thiophene rings is 1. The molecular formula is C19H15FN4O2S2. The van der Waals surface area contributed by atoms with E-state index in [4.69, 9.17) is 5.14 Å². The highest BCUT2D eigenvalue weighted by molar-refractivity contribution is 7.89. The Morgan fingerprint density at radius 1 is 1.04 bits per heavy atom. The van der Waals surface area contributed by atoms with Crippen LogP contribution in [0.25, 0.3) is 21.3 Å². The normalized spacial score (nSPS) is 11.7. The van der Waals surface area contributed by atoms with Gasteiger partial charge in [-0.2, -0.15) is 0 Å². The van der Waals surface area contributed by atoms with Gasteiger partial charge in [0.25, 0.3) is 0 Å². The van der Waals surface area contributed by atoms with Crippen LogP contribution in [0.1, 0.15) is 4.88 Å². The second-order valence-electron chi connectivity index (χ2n) is 6.14. The number of benzene rings is 2. The highest BCUT2D eigenvalue weighted by atomic mass is 32.2. The maximum absolute atomic E-state index is 13.3. The summed E-state index contributed by atoms with van der Waals surface area (Å²) < 4.78 is 36.2. The van der Waals surface area contributed by atoms with Crippen molar-refractivity contribution in [3.8, 4) is 11.1 Å². The summed E-state index contributed by atoms with van der Waals surface area (Å²) in [6.07, 6.45) is 1.47. The third kappa shape index (κ3) is 3.47. The van der Waals surface area contributed by atoms with Crippen molar-refractivity contribution in [2.75, 3.05) is 5.32 Å². The quantitative estimate of drug-likeness (QED) is 0.522. The predicted molar refractivity (Wildman–Crippen MR) is 109 cm³/mol. The van der Waals surface area contributed by atoms with Crippen molar-refractivity contribution in [3.63, 3.8) is 0 Å². The van der Waals surface area contributed by atoms with Crippen LogP contribution in [0, 0.1) is 12.7 Å². The zero-order valence-corrected chi connectivity index (χ0v) is 16.3. The van der Waals surface area contributed by atoms with Crippen LogP contribution in [-0.2, 0) is 10.0 Å². The van der Waals surface area contributed by atoms with Gasteiger partial charge in [0.15, 0.2) is 0 Å². The number of hydrogen-bond acceptors (Lipinski definition) is 6. The van der Waals surface area contributed by atoms with Crippen molar-refractivity contribution in [1.82, 2.24) is 9.97 Å². The van der Waals surface area contributed by atoms with Crippen LogP contribution in [0.3, 0.4) is 0 Å². The molecular weight excluding hydrogens is 399 g/mol. The van der Waals surface area contributed by atoms with Gasteiger partial charge in [0.1, 0.15) is 22.8 Å². The number of aryl methyl sites for hydroxylation is 1. The fourth-order valence-electron chi connectivity index (χ4n) is 2.97. The summed E-state index contributed by atoms with van der Waals surface area (Å²) in [5.41, 5.74) is 2.46. The fourth-order valence-corrected chi connectivity index (χ4v) is 4.50. The first-order chi connectivity index (χ1) is 13.3. The lowest BCUT2D eigenvalue weighted by Gasteiger charge is -2.09. The number of nitrogens with two attached hydrogens (primary N) is 1. The molecule has 2 aromatic carbocycles. The van der Waals surface area contributed by atoms with Crippen molar-refractivity contribution < 1.29 is 12.8 Å². The summed E-state index contributed by atoms with van der Waals surface area (Å²) >= 11 is 1.53. The summed E-state index contributed by atoms with van der Waals surface area (Å²) in [7, 11) is -3.75. The van der Waals surface area contributed by atoms with Gasteiger partial charge in [0, 0.05) is 16.1 Å². The number of nitrogens with one attached hydrogen (secondary N) is 1. The standard InChI is InChI=1S/C19H15FN4O2S2/c1-11-16(12-2-4-13(20)5-3-12)17-18(22-10-23-19(17)27-11)24-14-6-8-15(9-7-14)28(21,25)26/h2-10H,1H3,(H2,21,25,26)(H,22,23,24). The molecule has 0 aliphatic rings. The van der Waals surface area contributed by atoms with E-state index >= 15 is 0 Å². The maximum Gasteiger partial charge on any atom is 0.238 e. The second kappa shape index (κ2) is 6.93. The van der Waals surface area contributed by atoms with Gasteiger partial charge in [-0.15, -0.1) is 11.3 Å². The van der Waals surface area contributed by atoms with Crippen molar-refractivity contribution >= 4 is 43.1 Å². The maximum atomic E-state index is 13.3. The largest absolute Gasteiger partial charge is 0.340 e. The van der Waals surface area contributed by atoms with Crippen LogP contribution in [0.5, 0.6) is 0 Å². The molecule has 142 valence electrons. The molecule has 6 nitrogen and oxygen atoms in total.